The van der Waals surface area contributed by atoms with Gasteiger partial charge in [0.2, 0.25) is 5.95 Å². The SMILES string of the molecule is O=C(O)CNc1nccc(-c2ccc(Br)cc2)n1. The van der Waals surface area contributed by atoms with Crippen LogP contribution in [0.3, 0.4) is 0 Å². The van der Waals surface area contributed by atoms with Crippen LogP contribution in [0.25, 0.3) is 11.3 Å². The fraction of sp³-hybridized carbons (Fsp3) is 0.0833. The van der Waals surface area contributed by atoms with Gasteiger partial charge >= 0.3 is 5.97 Å². The Balaban J connectivity index is 2.21. The van der Waals surface area contributed by atoms with Crippen molar-refractivity contribution in [3.05, 3.63) is 41.0 Å². The lowest BCUT2D eigenvalue weighted by Crippen LogP contribution is -2.14. The molecule has 2 N–H and O–H groups in total. The number of carboxylic acids is 1. The second-order valence-corrected chi connectivity index (χ2v) is 4.44. The molecule has 1 heterocycles. The number of aliphatic carboxylic acids is 1. The zero-order chi connectivity index (χ0) is 13.0. The van der Waals surface area contributed by atoms with E-state index in [1.165, 1.54) is 0 Å². The highest BCUT2D eigenvalue weighted by Gasteiger charge is 2.03. The van der Waals surface area contributed by atoms with E-state index in [9.17, 15) is 4.79 Å². The van der Waals surface area contributed by atoms with E-state index in [4.69, 9.17) is 5.11 Å². The minimum Gasteiger partial charge on any atom is -0.480 e. The van der Waals surface area contributed by atoms with E-state index in [2.05, 4.69) is 31.2 Å². The van der Waals surface area contributed by atoms with Gasteiger partial charge in [-0.15, -0.1) is 0 Å². The third-order valence-electron chi connectivity index (χ3n) is 2.19. The molecule has 0 saturated carbocycles. The Kier molecular flexibility index (Phi) is 3.88. The zero-order valence-electron chi connectivity index (χ0n) is 9.30. The summed E-state index contributed by atoms with van der Waals surface area (Å²) in [7, 11) is 0. The van der Waals surface area contributed by atoms with Crippen molar-refractivity contribution in [3.8, 4) is 11.3 Å². The first kappa shape index (κ1) is 12.5. The number of nitrogens with one attached hydrogen (secondary N) is 1. The lowest BCUT2D eigenvalue weighted by Gasteiger charge is -2.04. The summed E-state index contributed by atoms with van der Waals surface area (Å²) in [5.41, 5.74) is 1.68. The Bertz CT molecular complexity index is 558. The first-order valence-corrected chi connectivity index (χ1v) is 5.99. The van der Waals surface area contributed by atoms with E-state index in [1.807, 2.05) is 24.3 Å². The predicted octanol–water partition coefficient (Wildman–Crippen LogP) is 2.40. The molecule has 0 saturated heterocycles. The summed E-state index contributed by atoms with van der Waals surface area (Å²) in [5, 5.41) is 11.2. The molecule has 18 heavy (non-hydrogen) atoms. The van der Waals surface area contributed by atoms with Crippen LogP contribution < -0.4 is 5.32 Å². The molecule has 92 valence electrons. The summed E-state index contributed by atoms with van der Waals surface area (Å²) in [6.45, 7) is -0.205. The Hall–Kier alpha value is -1.95. The Labute approximate surface area is 112 Å². The highest BCUT2D eigenvalue weighted by Crippen LogP contribution is 2.20. The molecule has 0 aliphatic heterocycles. The normalized spacial score (nSPS) is 10.1. The molecule has 0 fully saturated rings. The molecule has 0 aliphatic rings. The molecule has 1 aromatic heterocycles. The second kappa shape index (κ2) is 5.59. The number of halogens is 1. The monoisotopic (exact) mass is 307 g/mol. The molecule has 0 aliphatic carbocycles. The molecule has 0 atom stereocenters. The molecule has 0 radical (unpaired) electrons. The van der Waals surface area contributed by atoms with Crippen LogP contribution in [0.4, 0.5) is 5.95 Å². The van der Waals surface area contributed by atoms with E-state index >= 15 is 0 Å². The Morgan fingerprint density at radius 3 is 2.67 bits per heavy atom. The lowest BCUT2D eigenvalue weighted by atomic mass is 10.1. The van der Waals surface area contributed by atoms with Crippen LogP contribution in [0, 0.1) is 0 Å². The van der Waals surface area contributed by atoms with Gasteiger partial charge in [-0.05, 0) is 18.2 Å². The fourth-order valence-corrected chi connectivity index (χ4v) is 1.64. The third kappa shape index (κ3) is 3.27. The van der Waals surface area contributed by atoms with Crippen molar-refractivity contribution in [2.45, 2.75) is 0 Å². The number of benzene rings is 1. The summed E-state index contributed by atoms with van der Waals surface area (Å²) < 4.78 is 0.990. The second-order valence-electron chi connectivity index (χ2n) is 3.52. The van der Waals surface area contributed by atoms with Gasteiger partial charge in [-0.25, -0.2) is 9.97 Å². The van der Waals surface area contributed by atoms with Gasteiger partial charge in [0, 0.05) is 16.2 Å². The molecule has 2 rings (SSSR count). The van der Waals surface area contributed by atoms with Gasteiger partial charge in [0.15, 0.2) is 0 Å². The van der Waals surface area contributed by atoms with Crippen LogP contribution in [0.15, 0.2) is 41.0 Å². The van der Waals surface area contributed by atoms with E-state index in [0.717, 1.165) is 15.7 Å². The van der Waals surface area contributed by atoms with Crippen molar-refractivity contribution in [3.63, 3.8) is 0 Å². The molecule has 0 spiro atoms. The summed E-state index contributed by atoms with van der Waals surface area (Å²) >= 11 is 3.36. The lowest BCUT2D eigenvalue weighted by molar-refractivity contribution is -0.134. The van der Waals surface area contributed by atoms with E-state index in [-0.39, 0.29) is 6.54 Å². The molecule has 6 heteroatoms. The summed E-state index contributed by atoms with van der Waals surface area (Å²) in [6, 6.07) is 9.46. The minimum atomic E-state index is -0.951. The van der Waals surface area contributed by atoms with Crippen LogP contribution in [0.2, 0.25) is 0 Å². The highest BCUT2D eigenvalue weighted by atomic mass is 79.9. The van der Waals surface area contributed by atoms with Crippen molar-refractivity contribution in [2.24, 2.45) is 0 Å². The Morgan fingerprint density at radius 1 is 1.28 bits per heavy atom. The Morgan fingerprint density at radius 2 is 2.00 bits per heavy atom. The summed E-state index contributed by atoms with van der Waals surface area (Å²) in [6.07, 6.45) is 1.59. The minimum absolute atomic E-state index is 0.205. The first-order chi connectivity index (χ1) is 8.65. The van der Waals surface area contributed by atoms with Gasteiger partial charge < -0.3 is 10.4 Å². The maximum Gasteiger partial charge on any atom is 0.322 e. The maximum atomic E-state index is 10.4. The number of aromatic nitrogens is 2. The van der Waals surface area contributed by atoms with Gasteiger partial charge in [-0.3, -0.25) is 4.79 Å². The van der Waals surface area contributed by atoms with Crippen molar-refractivity contribution >= 4 is 27.8 Å². The molecule has 2 aromatic rings. The van der Waals surface area contributed by atoms with Gasteiger partial charge in [-0.2, -0.15) is 0 Å². The predicted molar refractivity (Wildman–Crippen MR) is 71.3 cm³/mol. The van der Waals surface area contributed by atoms with Crippen molar-refractivity contribution < 1.29 is 9.90 Å². The van der Waals surface area contributed by atoms with Crippen LogP contribution >= 0.6 is 15.9 Å². The smallest absolute Gasteiger partial charge is 0.322 e. The number of hydrogen-bond donors (Lipinski definition) is 2. The molecule has 0 bridgehead atoms. The molecular formula is C12H10BrN3O2. The quantitative estimate of drug-likeness (QED) is 0.907. The third-order valence-corrected chi connectivity index (χ3v) is 2.72. The van der Waals surface area contributed by atoms with Gasteiger partial charge in [0.1, 0.15) is 6.54 Å². The number of rotatable bonds is 4. The summed E-state index contributed by atoms with van der Waals surface area (Å²) in [5.74, 6) is -0.648. The number of nitrogens with zero attached hydrogens (tertiary/aromatic N) is 2. The van der Waals surface area contributed by atoms with E-state index < -0.39 is 5.97 Å². The molecule has 1 aromatic carbocycles. The van der Waals surface area contributed by atoms with Crippen molar-refractivity contribution in [1.82, 2.24) is 9.97 Å². The number of hydrogen-bond acceptors (Lipinski definition) is 4. The topological polar surface area (TPSA) is 75.1 Å². The zero-order valence-corrected chi connectivity index (χ0v) is 10.9. The average molecular weight is 308 g/mol. The van der Waals surface area contributed by atoms with Crippen molar-refractivity contribution in [2.75, 3.05) is 11.9 Å². The van der Waals surface area contributed by atoms with E-state index in [1.54, 1.807) is 12.3 Å². The molecule has 0 amide bonds. The fourth-order valence-electron chi connectivity index (χ4n) is 1.38. The number of carboxylic acid groups (broad SMARTS) is 1. The van der Waals surface area contributed by atoms with Crippen LogP contribution in [0.1, 0.15) is 0 Å². The van der Waals surface area contributed by atoms with Gasteiger partial charge in [0.25, 0.3) is 0 Å². The molecule has 5 nitrogen and oxygen atoms in total. The summed E-state index contributed by atoms with van der Waals surface area (Å²) in [4.78, 5) is 18.6. The van der Waals surface area contributed by atoms with Crippen LogP contribution in [-0.4, -0.2) is 27.6 Å². The average Bonchev–Trinajstić information content (AvgIpc) is 2.37. The first-order valence-electron chi connectivity index (χ1n) is 5.20. The molecule has 0 unspecified atom stereocenters. The van der Waals surface area contributed by atoms with Crippen molar-refractivity contribution in [1.29, 1.82) is 0 Å². The van der Waals surface area contributed by atoms with Crippen LogP contribution in [0.5, 0.6) is 0 Å². The largest absolute Gasteiger partial charge is 0.480 e. The standard InChI is InChI=1S/C12H10BrN3O2/c13-9-3-1-8(2-4-9)10-5-6-14-12(16-10)15-7-11(17)18/h1-6H,7H2,(H,17,18)(H,14,15,16). The van der Waals surface area contributed by atoms with Crippen LogP contribution in [-0.2, 0) is 4.79 Å². The maximum absolute atomic E-state index is 10.4. The van der Waals surface area contributed by atoms with Gasteiger partial charge in [0.05, 0.1) is 5.69 Å². The van der Waals surface area contributed by atoms with Gasteiger partial charge in [-0.1, -0.05) is 28.1 Å². The number of anilines is 1. The molecular weight excluding hydrogens is 298 g/mol. The van der Waals surface area contributed by atoms with E-state index in [0.29, 0.717) is 5.95 Å². The number of carbonyl (C=O) groups is 1. The highest BCUT2D eigenvalue weighted by molar-refractivity contribution is 9.10.